The minimum absolute atomic E-state index is 0.117. The van der Waals surface area contributed by atoms with Crippen molar-refractivity contribution in [3.05, 3.63) is 24.8 Å². The zero-order valence-corrected chi connectivity index (χ0v) is 12.6. The van der Waals surface area contributed by atoms with E-state index in [1.54, 1.807) is 0 Å². The van der Waals surface area contributed by atoms with Crippen molar-refractivity contribution in [2.24, 2.45) is 0 Å². The standard InChI is InChI=1S/C14H26N4/c1-9-17-11(3)15(7)13(5)14(17,6)18(10-2)12(4)16(13)8/h3-4,9-10H2,1-2,5-8H3/t13-,14+. The molecule has 0 aromatic carbocycles. The molecule has 0 unspecified atom stereocenters. The molecule has 0 bridgehead atoms. The molecule has 0 aromatic heterocycles. The van der Waals surface area contributed by atoms with Crippen LogP contribution < -0.4 is 0 Å². The first-order chi connectivity index (χ1) is 8.28. The largest absolute Gasteiger partial charge is 0.335 e. The van der Waals surface area contributed by atoms with E-state index in [1.165, 1.54) is 0 Å². The van der Waals surface area contributed by atoms with E-state index in [0.29, 0.717) is 0 Å². The van der Waals surface area contributed by atoms with Gasteiger partial charge in [-0.25, -0.2) is 0 Å². The fourth-order valence-corrected chi connectivity index (χ4v) is 3.87. The summed E-state index contributed by atoms with van der Waals surface area (Å²) in [5, 5.41) is 0. The van der Waals surface area contributed by atoms with Gasteiger partial charge in [-0.3, -0.25) is 0 Å². The number of likely N-dealkylation sites (N-methyl/N-ethyl adjacent to an activating group) is 4. The average Bonchev–Trinajstić information content (AvgIpc) is 2.58. The first kappa shape index (κ1) is 13.1. The number of nitrogens with zero attached hydrogens (tertiary/aromatic N) is 4. The third-order valence-electron chi connectivity index (χ3n) is 5.28. The summed E-state index contributed by atoms with van der Waals surface area (Å²) in [4.78, 5) is 9.31. The molecule has 2 fully saturated rings. The zero-order chi connectivity index (χ0) is 13.9. The van der Waals surface area contributed by atoms with E-state index in [9.17, 15) is 0 Å². The highest BCUT2D eigenvalue weighted by Crippen LogP contribution is 2.54. The first-order valence-electron chi connectivity index (χ1n) is 6.69. The van der Waals surface area contributed by atoms with Gasteiger partial charge in [0.05, 0.1) is 0 Å². The van der Waals surface area contributed by atoms with Gasteiger partial charge in [-0.05, 0) is 27.7 Å². The van der Waals surface area contributed by atoms with Crippen LogP contribution in [0.25, 0.3) is 0 Å². The molecule has 2 aliphatic heterocycles. The van der Waals surface area contributed by atoms with E-state index in [2.05, 4.69) is 74.5 Å². The van der Waals surface area contributed by atoms with Crippen LogP contribution in [0.2, 0.25) is 0 Å². The van der Waals surface area contributed by atoms with Crippen LogP contribution in [-0.4, -0.2) is 58.1 Å². The molecule has 2 heterocycles. The highest BCUT2D eigenvalue weighted by Gasteiger charge is 2.68. The molecule has 0 aromatic rings. The molecule has 18 heavy (non-hydrogen) atoms. The number of rotatable bonds is 2. The number of fused-ring (bicyclic) bond motifs is 1. The Morgan fingerprint density at radius 1 is 0.833 bits per heavy atom. The molecule has 2 saturated heterocycles. The van der Waals surface area contributed by atoms with Crippen molar-refractivity contribution in [1.82, 2.24) is 19.6 Å². The summed E-state index contributed by atoms with van der Waals surface area (Å²) in [6.07, 6.45) is 0. The molecule has 0 N–H and O–H groups in total. The summed E-state index contributed by atoms with van der Waals surface area (Å²) in [5.41, 5.74) is -0.249. The average molecular weight is 250 g/mol. The van der Waals surface area contributed by atoms with Gasteiger partial charge in [0.15, 0.2) is 11.3 Å². The van der Waals surface area contributed by atoms with Gasteiger partial charge in [0.2, 0.25) is 0 Å². The third-order valence-corrected chi connectivity index (χ3v) is 5.28. The second-order valence-corrected chi connectivity index (χ2v) is 5.48. The Morgan fingerprint density at radius 3 is 1.44 bits per heavy atom. The maximum atomic E-state index is 4.26. The SMILES string of the molecule is C=C1N(C)[C@]2(C)N(C)C(=C)N(CC)[C@]2(C)N1CC. The molecule has 0 radical (unpaired) electrons. The van der Waals surface area contributed by atoms with Crippen molar-refractivity contribution in [3.8, 4) is 0 Å². The normalized spacial score (nSPS) is 35.9. The summed E-state index contributed by atoms with van der Waals surface area (Å²) in [6, 6.07) is 0. The molecule has 4 heteroatoms. The smallest absolute Gasteiger partial charge is 0.155 e. The Kier molecular flexibility index (Phi) is 2.62. The van der Waals surface area contributed by atoms with Gasteiger partial charge in [0.1, 0.15) is 11.6 Å². The minimum atomic E-state index is -0.132. The Bertz CT molecular complexity index is 371. The van der Waals surface area contributed by atoms with E-state index in [4.69, 9.17) is 0 Å². The van der Waals surface area contributed by atoms with Gasteiger partial charge < -0.3 is 19.6 Å². The lowest BCUT2D eigenvalue weighted by Gasteiger charge is -2.45. The second kappa shape index (κ2) is 3.59. The van der Waals surface area contributed by atoms with Gasteiger partial charge in [-0.1, -0.05) is 13.2 Å². The Hall–Kier alpha value is -1.32. The number of hydrogen-bond donors (Lipinski definition) is 0. The van der Waals surface area contributed by atoms with Crippen LogP contribution in [0, 0.1) is 0 Å². The molecule has 0 saturated carbocycles. The molecule has 0 aliphatic carbocycles. The van der Waals surface area contributed by atoms with Crippen molar-refractivity contribution in [1.29, 1.82) is 0 Å². The maximum Gasteiger partial charge on any atom is 0.155 e. The number of hydrogen-bond acceptors (Lipinski definition) is 4. The van der Waals surface area contributed by atoms with Crippen LogP contribution in [0.3, 0.4) is 0 Å². The fraction of sp³-hybridized carbons (Fsp3) is 0.714. The van der Waals surface area contributed by atoms with Crippen molar-refractivity contribution < 1.29 is 0 Å². The summed E-state index contributed by atoms with van der Waals surface area (Å²) < 4.78 is 0. The van der Waals surface area contributed by atoms with Crippen molar-refractivity contribution >= 4 is 0 Å². The topological polar surface area (TPSA) is 13.0 Å². The summed E-state index contributed by atoms with van der Waals surface area (Å²) >= 11 is 0. The fourth-order valence-electron chi connectivity index (χ4n) is 3.87. The quantitative estimate of drug-likeness (QED) is 0.742. The lowest BCUT2D eigenvalue weighted by molar-refractivity contribution is -0.0232. The van der Waals surface area contributed by atoms with Gasteiger partial charge in [-0.2, -0.15) is 0 Å². The van der Waals surface area contributed by atoms with E-state index < -0.39 is 0 Å². The highest BCUT2D eigenvalue weighted by molar-refractivity contribution is 5.29. The van der Waals surface area contributed by atoms with Gasteiger partial charge in [-0.15, -0.1) is 0 Å². The van der Waals surface area contributed by atoms with E-state index in [0.717, 1.165) is 24.7 Å². The van der Waals surface area contributed by atoms with Crippen molar-refractivity contribution in [2.75, 3.05) is 27.2 Å². The summed E-state index contributed by atoms with van der Waals surface area (Å²) in [5.74, 6) is 2.17. The van der Waals surface area contributed by atoms with Crippen LogP contribution in [0.1, 0.15) is 27.7 Å². The Morgan fingerprint density at radius 2 is 1.17 bits per heavy atom. The zero-order valence-electron chi connectivity index (χ0n) is 12.6. The summed E-state index contributed by atoms with van der Waals surface area (Å²) in [6.45, 7) is 19.4. The van der Waals surface area contributed by atoms with Crippen LogP contribution in [0.4, 0.5) is 0 Å². The minimum Gasteiger partial charge on any atom is -0.335 e. The van der Waals surface area contributed by atoms with Gasteiger partial charge >= 0.3 is 0 Å². The van der Waals surface area contributed by atoms with Crippen LogP contribution in [0.15, 0.2) is 24.8 Å². The molecule has 2 rings (SSSR count). The molecule has 102 valence electrons. The molecular weight excluding hydrogens is 224 g/mol. The van der Waals surface area contributed by atoms with Gasteiger partial charge in [0.25, 0.3) is 0 Å². The lowest BCUT2D eigenvalue weighted by Crippen LogP contribution is -2.63. The Labute approximate surface area is 111 Å². The van der Waals surface area contributed by atoms with E-state index in [-0.39, 0.29) is 11.3 Å². The Balaban J connectivity index is 2.65. The molecule has 4 nitrogen and oxygen atoms in total. The monoisotopic (exact) mass is 250 g/mol. The van der Waals surface area contributed by atoms with Crippen LogP contribution in [0.5, 0.6) is 0 Å². The molecule has 0 atom stereocenters. The predicted molar refractivity (Wildman–Crippen MR) is 75.4 cm³/mol. The predicted octanol–water partition coefficient (Wildman–Crippen LogP) is 1.90. The van der Waals surface area contributed by atoms with E-state index >= 15 is 0 Å². The van der Waals surface area contributed by atoms with E-state index in [1.807, 2.05) is 0 Å². The third kappa shape index (κ3) is 1.03. The van der Waals surface area contributed by atoms with Crippen molar-refractivity contribution in [2.45, 2.75) is 39.0 Å². The lowest BCUT2D eigenvalue weighted by atomic mass is 9.95. The van der Waals surface area contributed by atoms with Crippen molar-refractivity contribution in [3.63, 3.8) is 0 Å². The summed E-state index contributed by atoms with van der Waals surface area (Å²) in [7, 11) is 4.25. The molecular formula is C14H26N4. The molecule has 2 aliphatic rings. The first-order valence-corrected chi connectivity index (χ1v) is 6.69. The molecule has 0 amide bonds. The van der Waals surface area contributed by atoms with Gasteiger partial charge in [0, 0.05) is 27.2 Å². The van der Waals surface area contributed by atoms with Crippen LogP contribution in [-0.2, 0) is 0 Å². The second-order valence-electron chi connectivity index (χ2n) is 5.48. The maximum absolute atomic E-state index is 4.26. The highest BCUT2D eigenvalue weighted by atomic mass is 15.7. The molecule has 0 spiro atoms. The van der Waals surface area contributed by atoms with Crippen LogP contribution >= 0.6 is 0 Å².